The van der Waals surface area contributed by atoms with Gasteiger partial charge in [-0.25, -0.2) is 4.79 Å². The SMILES string of the molecule is CC[C@H](C)OC(=O)[C@H](C)Oc1ccc2c(=O)c(Oc3cc(C)ccc3C)coc2c1. The molecule has 3 aromatic rings. The lowest BCUT2D eigenvalue weighted by molar-refractivity contribution is -0.155. The highest BCUT2D eigenvalue weighted by atomic mass is 16.6. The average molecular weight is 410 g/mol. The Morgan fingerprint density at radius 3 is 2.57 bits per heavy atom. The van der Waals surface area contributed by atoms with Crippen molar-refractivity contribution in [3.8, 4) is 17.2 Å². The Balaban J connectivity index is 1.81. The molecule has 0 bridgehead atoms. The molecule has 0 amide bonds. The van der Waals surface area contributed by atoms with Gasteiger partial charge in [0.25, 0.3) is 0 Å². The number of carbonyl (C=O) groups excluding carboxylic acids is 1. The van der Waals surface area contributed by atoms with Crippen LogP contribution >= 0.6 is 0 Å². The fourth-order valence-corrected chi connectivity index (χ4v) is 2.80. The molecule has 0 radical (unpaired) electrons. The van der Waals surface area contributed by atoms with Crippen LogP contribution in [0.4, 0.5) is 0 Å². The number of rotatable bonds is 7. The first-order valence-electron chi connectivity index (χ1n) is 9.96. The van der Waals surface area contributed by atoms with E-state index in [0.717, 1.165) is 17.5 Å². The maximum atomic E-state index is 12.8. The number of aryl methyl sites for hydroxylation is 2. The van der Waals surface area contributed by atoms with Crippen LogP contribution < -0.4 is 14.9 Å². The van der Waals surface area contributed by atoms with Crippen molar-refractivity contribution in [2.75, 3.05) is 0 Å². The zero-order chi connectivity index (χ0) is 21.8. The molecule has 2 aromatic carbocycles. The minimum atomic E-state index is -0.782. The second-order valence-electron chi connectivity index (χ2n) is 7.37. The zero-order valence-electron chi connectivity index (χ0n) is 17.9. The van der Waals surface area contributed by atoms with Crippen LogP contribution in [0.1, 0.15) is 38.3 Å². The van der Waals surface area contributed by atoms with E-state index in [1.54, 1.807) is 25.1 Å². The Hall–Kier alpha value is -3.28. The fourth-order valence-electron chi connectivity index (χ4n) is 2.80. The maximum Gasteiger partial charge on any atom is 0.347 e. The number of benzene rings is 2. The van der Waals surface area contributed by atoms with E-state index in [4.69, 9.17) is 18.6 Å². The Labute approximate surface area is 175 Å². The largest absolute Gasteiger partial charge is 0.479 e. The first-order chi connectivity index (χ1) is 14.3. The summed E-state index contributed by atoms with van der Waals surface area (Å²) in [6, 6.07) is 10.6. The van der Waals surface area contributed by atoms with Crippen LogP contribution in [0, 0.1) is 13.8 Å². The number of hydrogen-bond acceptors (Lipinski definition) is 6. The summed E-state index contributed by atoms with van der Waals surface area (Å²) in [6.07, 6.45) is 1.06. The van der Waals surface area contributed by atoms with Crippen LogP contribution in [-0.2, 0) is 9.53 Å². The van der Waals surface area contributed by atoms with E-state index in [2.05, 4.69) is 0 Å². The molecule has 158 valence electrons. The van der Waals surface area contributed by atoms with Gasteiger partial charge in [0.15, 0.2) is 6.10 Å². The lowest BCUT2D eigenvalue weighted by Crippen LogP contribution is -2.29. The second kappa shape index (κ2) is 9.03. The first-order valence-corrected chi connectivity index (χ1v) is 9.96. The molecule has 0 saturated carbocycles. The maximum absolute atomic E-state index is 12.8. The quantitative estimate of drug-likeness (QED) is 0.491. The Morgan fingerprint density at radius 2 is 1.83 bits per heavy atom. The third-order valence-corrected chi connectivity index (χ3v) is 4.82. The van der Waals surface area contributed by atoms with E-state index in [-0.39, 0.29) is 17.3 Å². The molecule has 3 rings (SSSR count). The Morgan fingerprint density at radius 1 is 1.07 bits per heavy atom. The number of fused-ring (bicyclic) bond motifs is 1. The highest BCUT2D eigenvalue weighted by molar-refractivity contribution is 5.79. The van der Waals surface area contributed by atoms with Crippen molar-refractivity contribution in [3.63, 3.8) is 0 Å². The molecule has 0 aliphatic rings. The summed E-state index contributed by atoms with van der Waals surface area (Å²) in [7, 11) is 0. The number of esters is 1. The van der Waals surface area contributed by atoms with Crippen molar-refractivity contribution < 1.29 is 23.4 Å². The molecule has 0 fully saturated rings. The molecule has 1 aromatic heterocycles. The third kappa shape index (κ3) is 4.82. The molecular formula is C24H26O6. The van der Waals surface area contributed by atoms with Gasteiger partial charge in [-0.05, 0) is 63.4 Å². The normalized spacial score (nSPS) is 13.0. The van der Waals surface area contributed by atoms with Gasteiger partial charge in [-0.2, -0.15) is 0 Å². The highest BCUT2D eigenvalue weighted by Crippen LogP contribution is 2.27. The van der Waals surface area contributed by atoms with Gasteiger partial charge in [0, 0.05) is 6.07 Å². The molecule has 0 aliphatic carbocycles. The van der Waals surface area contributed by atoms with E-state index < -0.39 is 12.1 Å². The molecule has 6 nitrogen and oxygen atoms in total. The number of carbonyl (C=O) groups is 1. The number of hydrogen-bond donors (Lipinski definition) is 0. The molecule has 0 saturated heterocycles. The van der Waals surface area contributed by atoms with Crippen LogP contribution in [0.3, 0.4) is 0 Å². The third-order valence-electron chi connectivity index (χ3n) is 4.82. The van der Waals surface area contributed by atoms with Crippen LogP contribution in [0.5, 0.6) is 17.2 Å². The zero-order valence-corrected chi connectivity index (χ0v) is 17.9. The van der Waals surface area contributed by atoms with Crippen LogP contribution in [-0.4, -0.2) is 18.2 Å². The molecular weight excluding hydrogens is 384 g/mol. The van der Waals surface area contributed by atoms with Gasteiger partial charge < -0.3 is 18.6 Å². The Kier molecular flexibility index (Phi) is 6.45. The van der Waals surface area contributed by atoms with E-state index in [1.807, 2.05) is 45.9 Å². The predicted octanol–water partition coefficient (Wildman–Crippen LogP) is 5.31. The van der Waals surface area contributed by atoms with E-state index in [0.29, 0.717) is 22.5 Å². The predicted molar refractivity (Wildman–Crippen MR) is 114 cm³/mol. The molecule has 30 heavy (non-hydrogen) atoms. The monoisotopic (exact) mass is 410 g/mol. The van der Waals surface area contributed by atoms with E-state index in [1.165, 1.54) is 6.26 Å². The number of ether oxygens (including phenoxy) is 3. The van der Waals surface area contributed by atoms with Gasteiger partial charge in [-0.15, -0.1) is 0 Å². The molecule has 0 spiro atoms. The van der Waals surface area contributed by atoms with Crippen LogP contribution in [0.15, 0.2) is 51.9 Å². The van der Waals surface area contributed by atoms with Crippen molar-refractivity contribution in [1.82, 2.24) is 0 Å². The summed E-state index contributed by atoms with van der Waals surface area (Å²) in [5, 5.41) is 0.361. The smallest absolute Gasteiger partial charge is 0.347 e. The van der Waals surface area contributed by atoms with E-state index in [9.17, 15) is 9.59 Å². The lowest BCUT2D eigenvalue weighted by Gasteiger charge is -2.17. The minimum Gasteiger partial charge on any atom is -0.479 e. The standard InChI is InChI=1S/C24H26O6/c1-6-16(4)28-24(26)17(5)29-18-9-10-19-21(12-18)27-13-22(23(19)25)30-20-11-14(2)7-8-15(20)3/h7-13,16-17H,6H2,1-5H3/t16-,17-/m0/s1. The van der Waals surface area contributed by atoms with Gasteiger partial charge in [-0.3, -0.25) is 4.79 Å². The van der Waals surface area contributed by atoms with Crippen LogP contribution in [0.25, 0.3) is 11.0 Å². The molecule has 0 N–H and O–H groups in total. The summed E-state index contributed by atoms with van der Waals surface area (Å²) >= 11 is 0. The molecule has 6 heteroatoms. The van der Waals surface area contributed by atoms with Crippen molar-refractivity contribution >= 4 is 16.9 Å². The topological polar surface area (TPSA) is 75.0 Å². The van der Waals surface area contributed by atoms with Gasteiger partial charge >= 0.3 is 5.97 Å². The summed E-state index contributed by atoms with van der Waals surface area (Å²) < 4.78 is 22.3. The van der Waals surface area contributed by atoms with Gasteiger partial charge in [0.2, 0.25) is 11.2 Å². The molecule has 1 heterocycles. The molecule has 0 unspecified atom stereocenters. The minimum absolute atomic E-state index is 0.107. The highest BCUT2D eigenvalue weighted by Gasteiger charge is 2.19. The van der Waals surface area contributed by atoms with Crippen molar-refractivity contribution in [1.29, 1.82) is 0 Å². The fraction of sp³-hybridized carbons (Fsp3) is 0.333. The lowest BCUT2D eigenvalue weighted by atomic mass is 10.1. The summed E-state index contributed by atoms with van der Waals surface area (Å²) in [6.45, 7) is 9.25. The van der Waals surface area contributed by atoms with Gasteiger partial charge in [-0.1, -0.05) is 19.1 Å². The van der Waals surface area contributed by atoms with E-state index >= 15 is 0 Å². The first kappa shape index (κ1) is 21.4. The van der Waals surface area contributed by atoms with Gasteiger partial charge in [0.05, 0.1) is 11.5 Å². The summed E-state index contributed by atoms with van der Waals surface area (Å²) in [5.74, 6) is 0.677. The second-order valence-corrected chi connectivity index (χ2v) is 7.37. The summed E-state index contributed by atoms with van der Waals surface area (Å²) in [5.41, 5.74) is 2.01. The molecule has 2 atom stereocenters. The van der Waals surface area contributed by atoms with Crippen molar-refractivity contribution in [2.45, 2.75) is 53.2 Å². The average Bonchev–Trinajstić information content (AvgIpc) is 2.72. The van der Waals surface area contributed by atoms with Gasteiger partial charge in [0.1, 0.15) is 23.3 Å². The van der Waals surface area contributed by atoms with Crippen molar-refractivity contribution in [3.05, 3.63) is 64.0 Å². The van der Waals surface area contributed by atoms with Crippen molar-refractivity contribution in [2.24, 2.45) is 0 Å². The summed E-state index contributed by atoms with van der Waals surface area (Å²) in [4.78, 5) is 24.9. The molecule has 0 aliphatic heterocycles. The Bertz CT molecular complexity index is 1110. The van der Waals surface area contributed by atoms with Crippen LogP contribution in [0.2, 0.25) is 0 Å².